The fraction of sp³-hybridized carbons (Fsp3) is 0.200. The Labute approximate surface area is 136 Å². The second kappa shape index (κ2) is 6.60. The van der Waals surface area contributed by atoms with Crippen molar-refractivity contribution >= 4 is 15.8 Å². The summed E-state index contributed by atoms with van der Waals surface area (Å²) in [6.07, 6.45) is -2.56. The van der Waals surface area contributed by atoms with Crippen molar-refractivity contribution in [1.82, 2.24) is 4.98 Å². The third-order valence-corrected chi connectivity index (χ3v) is 4.06. The van der Waals surface area contributed by atoms with Gasteiger partial charge >= 0.3 is 12.1 Å². The van der Waals surface area contributed by atoms with Gasteiger partial charge in [-0.2, -0.15) is 13.2 Å². The van der Waals surface area contributed by atoms with E-state index in [1.165, 1.54) is 12.3 Å². The molecule has 2 aromatic rings. The minimum atomic E-state index is -4.72. The maximum atomic E-state index is 12.9. The maximum Gasteiger partial charge on any atom is 0.416 e. The Balaban J connectivity index is 2.28. The van der Waals surface area contributed by atoms with Gasteiger partial charge in [-0.05, 0) is 35.9 Å². The molecule has 0 aliphatic carbocycles. The number of halogens is 3. The van der Waals surface area contributed by atoms with Crippen LogP contribution in [-0.4, -0.2) is 25.6 Å². The molecule has 1 aromatic carbocycles. The van der Waals surface area contributed by atoms with Gasteiger partial charge in [-0.3, -0.25) is 0 Å². The van der Waals surface area contributed by atoms with Crippen LogP contribution in [0.5, 0.6) is 0 Å². The average molecular weight is 359 g/mol. The molecule has 9 heteroatoms. The summed E-state index contributed by atoms with van der Waals surface area (Å²) in [5.74, 6) is -0.825. The van der Waals surface area contributed by atoms with E-state index >= 15 is 0 Å². The molecule has 0 atom stereocenters. The Bertz CT molecular complexity index is 849. The van der Waals surface area contributed by atoms with Crippen LogP contribution in [0.1, 0.15) is 21.6 Å². The number of nitrogens with zero attached hydrogens (tertiary/aromatic N) is 1. The number of alkyl halides is 3. The summed E-state index contributed by atoms with van der Waals surface area (Å²) in [7, 11) is -3.85. The Morgan fingerprint density at radius 2 is 1.92 bits per heavy atom. The van der Waals surface area contributed by atoms with E-state index in [0.717, 1.165) is 18.4 Å². The standard InChI is InChI=1S/C15H12F3NO4S/c1-24(21,22)12-7-10(6-11(8-12)15(16,17)18)9-23-14(20)13-4-2-3-5-19-13/h2-8H,9H2,1H3. The lowest BCUT2D eigenvalue weighted by Crippen LogP contribution is -2.11. The lowest BCUT2D eigenvalue weighted by atomic mass is 10.1. The highest BCUT2D eigenvalue weighted by molar-refractivity contribution is 7.90. The summed E-state index contributed by atoms with van der Waals surface area (Å²) in [6, 6.07) is 6.84. The van der Waals surface area contributed by atoms with Crippen molar-refractivity contribution in [3.8, 4) is 0 Å². The van der Waals surface area contributed by atoms with Gasteiger partial charge in [0.15, 0.2) is 9.84 Å². The fourth-order valence-corrected chi connectivity index (χ4v) is 2.53. The highest BCUT2D eigenvalue weighted by Gasteiger charge is 2.32. The van der Waals surface area contributed by atoms with Crippen LogP contribution >= 0.6 is 0 Å². The smallest absolute Gasteiger partial charge is 0.416 e. The molecule has 0 aliphatic rings. The predicted octanol–water partition coefficient (Wildman–Crippen LogP) is 2.86. The summed E-state index contributed by atoms with van der Waals surface area (Å²) in [6.45, 7) is -0.512. The van der Waals surface area contributed by atoms with Crippen LogP contribution in [0.4, 0.5) is 13.2 Å². The third-order valence-electron chi connectivity index (χ3n) is 2.97. The van der Waals surface area contributed by atoms with Crippen LogP contribution in [0.15, 0.2) is 47.5 Å². The average Bonchev–Trinajstić information content (AvgIpc) is 2.51. The van der Waals surface area contributed by atoms with E-state index in [1.54, 1.807) is 12.1 Å². The van der Waals surface area contributed by atoms with E-state index < -0.39 is 39.0 Å². The molecule has 0 unspecified atom stereocenters. The van der Waals surface area contributed by atoms with Gasteiger partial charge < -0.3 is 4.74 Å². The van der Waals surface area contributed by atoms with Crippen LogP contribution in [0.3, 0.4) is 0 Å². The van der Waals surface area contributed by atoms with Crippen LogP contribution in [0, 0.1) is 0 Å². The van der Waals surface area contributed by atoms with Gasteiger partial charge in [-0.15, -0.1) is 0 Å². The molecule has 0 aliphatic heterocycles. The Morgan fingerprint density at radius 1 is 1.21 bits per heavy atom. The summed E-state index contributed by atoms with van der Waals surface area (Å²) in [5.41, 5.74) is -1.23. The number of pyridine rings is 1. The van der Waals surface area contributed by atoms with E-state index in [2.05, 4.69) is 4.98 Å². The first-order chi connectivity index (χ1) is 11.1. The van der Waals surface area contributed by atoms with Crippen LogP contribution in [-0.2, 0) is 27.4 Å². The van der Waals surface area contributed by atoms with E-state index in [9.17, 15) is 26.4 Å². The molecule has 0 amide bonds. The van der Waals surface area contributed by atoms with Gasteiger partial charge in [0.05, 0.1) is 10.5 Å². The predicted molar refractivity (Wildman–Crippen MR) is 77.9 cm³/mol. The van der Waals surface area contributed by atoms with Crippen molar-refractivity contribution in [2.45, 2.75) is 17.7 Å². The summed E-state index contributed by atoms with van der Waals surface area (Å²) < 4.78 is 66.6. The Morgan fingerprint density at radius 3 is 2.46 bits per heavy atom. The van der Waals surface area contributed by atoms with Crippen LogP contribution < -0.4 is 0 Å². The van der Waals surface area contributed by atoms with Gasteiger partial charge in [0.2, 0.25) is 0 Å². The number of aromatic nitrogens is 1. The number of ether oxygens (including phenoxy) is 1. The molecular formula is C15H12F3NO4S. The Kier molecular flexibility index (Phi) is 4.93. The van der Waals surface area contributed by atoms with Gasteiger partial charge in [0.1, 0.15) is 12.3 Å². The second-order valence-corrected chi connectivity index (χ2v) is 6.94. The molecular weight excluding hydrogens is 347 g/mol. The lowest BCUT2D eigenvalue weighted by Gasteiger charge is -2.12. The molecule has 2 rings (SSSR count). The zero-order chi connectivity index (χ0) is 18.0. The molecule has 24 heavy (non-hydrogen) atoms. The molecule has 0 saturated heterocycles. The minimum absolute atomic E-state index is 0.00666. The highest BCUT2D eigenvalue weighted by Crippen LogP contribution is 2.32. The van der Waals surface area contributed by atoms with Crippen molar-refractivity contribution in [2.24, 2.45) is 0 Å². The monoisotopic (exact) mass is 359 g/mol. The number of hydrogen-bond acceptors (Lipinski definition) is 5. The molecule has 0 bridgehead atoms. The number of hydrogen-bond donors (Lipinski definition) is 0. The third kappa shape index (κ3) is 4.54. The zero-order valence-corrected chi connectivity index (χ0v) is 13.2. The second-order valence-electron chi connectivity index (χ2n) is 4.93. The molecule has 0 saturated carbocycles. The maximum absolute atomic E-state index is 12.9. The number of rotatable bonds is 4. The molecule has 1 aromatic heterocycles. The van der Waals surface area contributed by atoms with Crippen molar-refractivity contribution in [1.29, 1.82) is 0 Å². The molecule has 0 spiro atoms. The van der Waals surface area contributed by atoms with Gasteiger partial charge in [0.25, 0.3) is 0 Å². The lowest BCUT2D eigenvalue weighted by molar-refractivity contribution is -0.137. The molecule has 5 nitrogen and oxygen atoms in total. The largest absolute Gasteiger partial charge is 0.456 e. The van der Waals surface area contributed by atoms with E-state index in [4.69, 9.17) is 4.74 Å². The van der Waals surface area contributed by atoms with Crippen molar-refractivity contribution in [2.75, 3.05) is 6.26 Å². The topological polar surface area (TPSA) is 73.3 Å². The molecule has 0 N–H and O–H groups in total. The molecule has 0 fully saturated rings. The normalized spacial score (nSPS) is 12.0. The molecule has 0 radical (unpaired) electrons. The first-order valence-corrected chi connectivity index (χ1v) is 8.46. The fourth-order valence-electron chi connectivity index (χ4n) is 1.83. The van der Waals surface area contributed by atoms with Gasteiger partial charge in [0, 0.05) is 12.5 Å². The van der Waals surface area contributed by atoms with Crippen molar-refractivity contribution in [3.05, 3.63) is 59.4 Å². The molecule has 128 valence electrons. The Hall–Kier alpha value is -2.42. The highest BCUT2D eigenvalue weighted by atomic mass is 32.2. The van der Waals surface area contributed by atoms with E-state index in [1.807, 2.05) is 0 Å². The summed E-state index contributed by atoms with van der Waals surface area (Å²) in [5, 5.41) is 0. The SMILES string of the molecule is CS(=O)(=O)c1cc(COC(=O)c2ccccn2)cc(C(F)(F)F)c1. The number of sulfone groups is 1. The number of esters is 1. The summed E-state index contributed by atoms with van der Waals surface area (Å²) >= 11 is 0. The van der Waals surface area contributed by atoms with Gasteiger partial charge in [-0.1, -0.05) is 6.07 Å². The van der Waals surface area contributed by atoms with Gasteiger partial charge in [-0.25, -0.2) is 18.2 Å². The zero-order valence-electron chi connectivity index (χ0n) is 12.4. The van der Waals surface area contributed by atoms with Crippen molar-refractivity contribution < 1.29 is 31.1 Å². The van der Waals surface area contributed by atoms with Crippen LogP contribution in [0.25, 0.3) is 0 Å². The first kappa shape index (κ1) is 17.9. The number of carbonyl (C=O) groups is 1. The first-order valence-electron chi connectivity index (χ1n) is 6.57. The quantitative estimate of drug-likeness (QED) is 0.785. The molecule has 1 heterocycles. The van der Waals surface area contributed by atoms with Crippen LogP contribution in [0.2, 0.25) is 0 Å². The van der Waals surface area contributed by atoms with E-state index in [0.29, 0.717) is 6.07 Å². The van der Waals surface area contributed by atoms with E-state index in [-0.39, 0.29) is 11.3 Å². The van der Waals surface area contributed by atoms with Crippen molar-refractivity contribution in [3.63, 3.8) is 0 Å². The number of carbonyl (C=O) groups excluding carboxylic acids is 1. The minimum Gasteiger partial charge on any atom is -0.456 e. The summed E-state index contributed by atoms with van der Waals surface area (Å²) in [4.78, 5) is 15.0. The number of benzene rings is 1.